The Morgan fingerprint density at radius 3 is 2.27 bits per heavy atom. The van der Waals surface area contributed by atoms with Crippen molar-refractivity contribution in [2.45, 2.75) is 39.0 Å². The molecule has 4 nitrogen and oxygen atoms in total. The summed E-state index contributed by atoms with van der Waals surface area (Å²) in [7, 11) is 1.50. The first-order valence-electron chi connectivity index (χ1n) is 7.02. The van der Waals surface area contributed by atoms with Crippen LogP contribution in [-0.2, 0) is 4.79 Å². The van der Waals surface area contributed by atoms with Gasteiger partial charge in [-0.25, -0.2) is 19.6 Å². The minimum Gasteiger partial charge on any atom is -0.497 e. The van der Waals surface area contributed by atoms with Gasteiger partial charge in [0.25, 0.3) is 0 Å². The molecule has 0 unspecified atom stereocenters. The van der Waals surface area contributed by atoms with Crippen LogP contribution in [0, 0.1) is 0 Å². The molecule has 0 heterocycles. The number of carbonyl (C=O) groups is 1. The van der Waals surface area contributed by atoms with Crippen LogP contribution in [0.3, 0.4) is 0 Å². The zero-order valence-electron chi connectivity index (χ0n) is 12.9. The molecule has 0 aliphatic rings. The van der Waals surface area contributed by atoms with Gasteiger partial charge in [0.2, 0.25) is 12.3 Å². The quantitative estimate of drug-likeness (QED) is 0.269. The Kier molecular flexibility index (Phi) is 11.4. The maximum atomic E-state index is 12.0. The fourth-order valence-electron chi connectivity index (χ4n) is 1.46. The molecule has 1 aromatic rings. The minimum atomic E-state index is -2.70. The van der Waals surface area contributed by atoms with E-state index in [1.165, 1.54) is 38.5 Å². The molecule has 1 rings (SSSR count). The number of nitrogens with zero attached hydrogens (tertiary/aromatic N) is 1. The maximum absolute atomic E-state index is 12.0. The van der Waals surface area contributed by atoms with Crippen molar-refractivity contribution >= 4 is 23.2 Å². The number of nitrogens with two attached hydrogens (primary N) is 1. The first kappa shape index (κ1) is 20.6. The van der Waals surface area contributed by atoms with Gasteiger partial charge in [-0.3, -0.25) is 4.79 Å². The lowest BCUT2D eigenvalue weighted by atomic mass is 10.3. The van der Waals surface area contributed by atoms with Gasteiger partial charge in [-0.05, 0) is 30.7 Å². The highest BCUT2D eigenvalue weighted by Crippen LogP contribution is 2.18. The second-order valence-corrected chi connectivity index (χ2v) is 4.83. The number of hydrogen-bond donors (Lipinski definition) is 1. The van der Waals surface area contributed by atoms with Crippen molar-refractivity contribution in [1.29, 1.82) is 0 Å². The number of amides is 1. The third-order valence-electron chi connectivity index (χ3n) is 2.69. The van der Waals surface area contributed by atoms with Gasteiger partial charge in [-0.2, -0.15) is 0 Å². The van der Waals surface area contributed by atoms with Gasteiger partial charge in [0.05, 0.1) is 19.2 Å². The molecule has 0 bridgehead atoms. The van der Waals surface area contributed by atoms with Crippen molar-refractivity contribution < 1.29 is 18.3 Å². The van der Waals surface area contributed by atoms with Crippen LogP contribution in [0.2, 0.25) is 0 Å². The lowest BCUT2D eigenvalue weighted by Crippen LogP contribution is -2.38. The van der Waals surface area contributed by atoms with Crippen LogP contribution in [0.4, 0.5) is 14.5 Å². The van der Waals surface area contributed by atoms with Crippen LogP contribution in [0.15, 0.2) is 24.3 Å². The fraction of sp³-hybridized carbons (Fsp3) is 0.533. The second-order valence-electron chi connectivity index (χ2n) is 4.45. The molecular formula is C15H23ClF2N2O2. The zero-order valence-corrected chi connectivity index (χ0v) is 13.7. The van der Waals surface area contributed by atoms with E-state index in [2.05, 4.69) is 6.92 Å². The van der Waals surface area contributed by atoms with Crippen molar-refractivity contribution in [3.05, 3.63) is 24.3 Å². The number of hydrogen-bond acceptors (Lipinski definition) is 3. The molecule has 0 atom stereocenters. The molecule has 0 aromatic heterocycles. The van der Waals surface area contributed by atoms with Crippen molar-refractivity contribution in [2.75, 3.05) is 18.0 Å². The molecule has 0 radical (unpaired) electrons. The van der Waals surface area contributed by atoms with E-state index >= 15 is 0 Å². The van der Waals surface area contributed by atoms with E-state index in [9.17, 15) is 13.6 Å². The van der Waals surface area contributed by atoms with Crippen molar-refractivity contribution in [3.63, 3.8) is 0 Å². The highest BCUT2D eigenvalue weighted by molar-refractivity contribution is 6.17. The first-order chi connectivity index (χ1) is 10.5. The molecule has 1 amide bonds. The Morgan fingerprint density at radius 1 is 1.32 bits per heavy atom. The summed E-state index contributed by atoms with van der Waals surface area (Å²) in [6.07, 6.45) is 0.147. The number of alkyl halides is 3. The zero-order chi connectivity index (χ0) is 17.0. The predicted octanol–water partition coefficient (Wildman–Crippen LogP) is 3.97. The van der Waals surface area contributed by atoms with E-state index in [0.29, 0.717) is 16.4 Å². The smallest absolute Gasteiger partial charge is 0.247 e. The number of benzene rings is 1. The number of hydrazine groups is 1. The monoisotopic (exact) mass is 336 g/mol. The standard InChI is InChI=1S/C10H12F2N2O2.C5H11Cl/c1-16-8-4-2-7(3-5-8)14(13)10(15)6-9(11)12;1-2-3-4-5-6/h2-5,9H,6,13H2,1H3;2-5H2,1H3. The van der Waals surface area contributed by atoms with Crippen molar-refractivity contribution in [2.24, 2.45) is 5.84 Å². The summed E-state index contributed by atoms with van der Waals surface area (Å²) in [5.74, 6) is 5.98. The summed E-state index contributed by atoms with van der Waals surface area (Å²) >= 11 is 5.38. The number of anilines is 1. The molecule has 0 aliphatic heterocycles. The van der Waals surface area contributed by atoms with Gasteiger partial charge in [0.1, 0.15) is 5.75 Å². The number of methoxy groups -OCH3 is 1. The molecule has 0 aliphatic carbocycles. The Bertz CT molecular complexity index is 413. The molecule has 0 saturated carbocycles. The van der Waals surface area contributed by atoms with E-state index in [1.807, 2.05) is 0 Å². The number of halogens is 3. The van der Waals surface area contributed by atoms with Crippen LogP contribution in [0.25, 0.3) is 0 Å². The van der Waals surface area contributed by atoms with E-state index in [-0.39, 0.29) is 0 Å². The van der Waals surface area contributed by atoms with Crippen LogP contribution >= 0.6 is 11.6 Å². The Hall–Kier alpha value is -1.40. The molecule has 0 spiro atoms. The van der Waals surface area contributed by atoms with Crippen molar-refractivity contribution in [3.8, 4) is 5.75 Å². The van der Waals surface area contributed by atoms with E-state index in [4.69, 9.17) is 22.2 Å². The number of ether oxygens (including phenoxy) is 1. The summed E-state index contributed by atoms with van der Waals surface area (Å²) in [5.41, 5.74) is 0.339. The molecule has 126 valence electrons. The summed E-state index contributed by atoms with van der Waals surface area (Å²) in [6, 6.07) is 6.21. The maximum Gasteiger partial charge on any atom is 0.247 e. The normalized spacial score (nSPS) is 9.95. The van der Waals surface area contributed by atoms with Gasteiger partial charge in [-0.15, -0.1) is 11.6 Å². The Labute approximate surface area is 135 Å². The highest BCUT2D eigenvalue weighted by atomic mass is 35.5. The molecule has 0 saturated heterocycles. The van der Waals surface area contributed by atoms with Crippen LogP contribution < -0.4 is 15.6 Å². The number of unbranched alkanes of at least 4 members (excludes halogenated alkanes) is 2. The lowest BCUT2D eigenvalue weighted by molar-refractivity contribution is -0.121. The summed E-state index contributed by atoms with van der Waals surface area (Å²) < 4.78 is 28.8. The lowest BCUT2D eigenvalue weighted by Gasteiger charge is -2.16. The van der Waals surface area contributed by atoms with Crippen LogP contribution in [0.1, 0.15) is 32.6 Å². The molecule has 0 fully saturated rings. The Balaban J connectivity index is 0.000000626. The molecule has 2 N–H and O–H groups in total. The van der Waals surface area contributed by atoms with Gasteiger partial charge in [-0.1, -0.05) is 19.8 Å². The van der Waals surface area contributed by atoms with E-state index < -0.39 is 18.8 Å². The largest absolute Gasteiger partial charge is 0.497 e. The summed E-state index contributed by atoms with van der Waals surface area (Å²) in [6.45, 7) is 2.17. The van der Waals surface area contributed by atoms with E-state index in [0.717, 1.165) is 5.88 Å². The van der Waals surface area contributed by atoms with Crippen LogP contribution in [-0.4, -0.2) is 25.3 Å². The first-order valence-corrected chi connectivity index (χ1v) is 7.55. The molecule has 22 heavy (non-hydrogen) atoms. The van der Waals surface area contributed by atoms with Gasteiger partial charge >= 0.3 is 0 Å². The van der Waals surface area contributed by atoms with Gasteiger partial charge in [0, 0.05) is 5.88 Å². The van der Waals surface area contributed by atoms with Crippen LogP contribution in [0.5, 0.6) is 5.75 Å². The predicted molar refractivity (Wildman–Crippen MR) is 85.5 cm³/mol. The molecule has 1 aromatic carbocycles. The number of rotatable bonds is 7. The summed E-state index contributed by atoms with van der Waals surface area (Å²) in [5, 5.41) is 0.700. The highest BCUT2D eigenvalue weighted by Gasteiger charge is 2.16. The average molecular weight is 337 g/mol. The van der Waals surface area contributed by atoms with Gasteiger partial charge in [0.15, 0.2) is 0 Å². The second kappa shape index (κ2) is 12.2. The van der Waals surface area contributed by atoms with E-state index in [1.54, 1.807) is 12.1 Å². The average Bonchev–Trinajstić information content (AvgIpc) is 2.52. The molecular weight excluding hydrogens is 314 g/mol. The van der Waals surface area contributed by atoms with Crippen molar-refractivity contribution in [1.82, 2.24) is 0 Å². The van der Waals surface area contributed by atoms with Gasteiger partial charge < -0.3 is 4.74 Å². The minimum absolute atomic E-state index is 0.339. The third kappa shape index (κ3) is 8.79. The SMILES string of the molecule is CCCCCCl.COc1ccc(N(N)C(=O)CC(F)F)cc1. The Morgan fingerprint density at radius 2 is 1.91 bits per heavy atom. The number of carbonyl (C=O) groups excluding carboxylic acids is 1. The molecule has 7 heteroatoms. The fourth-order valence-corrected chi connectivity index (χ4v) is 1.65. The summed E-state index contributed by atoms with van der Waals surface area (Å²) in [4.78, 5) is 11.2. The topological polar surface area (TPSA) is 55.6 Å². The third-order valence-corrected chi connectivity index (χ3v) is 2.95.